The molecule has 2 aromatic carbocycles. The lowest BCUT2D eigenvalue weighted by Gasteiger charge is -2.02. The van der Waals surface area contributed by atoms with E-state index < -0.39 is 0 Å². The van der Waals surface area contributed by atoms with Gasteiger partial charge >= 0.3 is 0 Å². The molecule has 1 aromatic heterocycles. The number of ether oxygens (including phenoxy) is 1. The lowest BCUT2D eigenvalue weighted by atomic mass is 10.2. The molecule has 0 saturated heterocycles. The number of nitrogens with one attached hydrogen (secondary N) is 1. The Balaban J connectivity index is 1.57. The number of methoxy groups -OCH3 is 1. The molecule has 0 saturated carbocycles. The van der Waals surface area contributed by atoms with Gasteiger partial charge in [-0.25, -0.2) is 0 Å². The lowest BCUT2D eigenvalue weighted by molar-refractivity contribution is -0.111. The minimum Gasteiger partial charge on any atom is -0.497 e. The van der Waals surface area contributed by atoms with Crippen molar-refractivity contribution in [3.8, 4) is 5.75 Å². The van der Waals surface area contributed by atoms with Crippen molar-refractivity contribution in [2.75, 3.05) is 12.4 Å². The molecule has 3 rings (SSSR count). The third-order valence-electron chi connectivity index (χ3n) is 3.68. The van der Waals surface area contributed by atoms with Crippen molar-refractivity contribution < 1.29 is 9.53 Å². The number of anilines is 1. The highest BCUT2D eigenvalue weighted by Crippen LogP contribution is 2.14. The summed E-state index contributed by atoms with van der Waals surface area (Å²) in [5, 5.41) is 7.73. The predicted molar refractivity (Wildman–Crippen MR) is 103 cm³/mol. The number of nitrogens with zero attached hydrogens (tertiary/aromatic N) is 2. The van der Waals surface area contributed by atoms with E-state index in [9.17, 15) is 4.79 Å². The van der Waals surface area contributed by atoms with Gasteiger partial charge in [0.1, 0.15) is 5.75 Å². The summed E-state index contributed by atoms with van der Waals surface area (Å²) < 4.78 is 6.85. The standard InChI is InChI=1S/C20H18ClN3O2/c1-26-19-8-5-15(6-9-19)7-10-20(25)23-18-12-22-24(14-18)13-16-3-2-4-17(21)11-16/h2-12,14H,13H2,1H3,(H,23,25)/b10-7+. The summed E-state index contributed by atoms with van der Waals surface area (Å²) in [6, 6.07) is 15.0. The van der Waals surface area contributed by atoms with Gasteiger partial charge in [0.05, 0.1) is 25.5 Å². The largest absolute Gasteiger partial charge is 0.497 e. The third kappa shape index (κ3) is 4.97. The molecule has 0 aliphatic carbocycles. The molecule has 0 aliphatic heterocycles. The van der Waals surface area contributed by atoms with E-state index in [-0.39, 0.29) is 5.91 Å². The van der Waals surface area contributed by atoms with Gasteiger partial charge in [0.2, 0.25) is 5.91 Å². The molecule has 3 aromatic rings. The Labute approximate surface area is 156 Å². The quantitative estimate of drug-likeness (QED) is 0.663. The van der Waals surface area contributed by atoms with Crippen LogP contribution in [-0.4, -0.2) is 22.8 Å². The zero-order chi connectivity index (χ0) is 18.4. The van der Waals surface area contributed by atoms with Crippen LogP contribution in [0.5, 0.6) is 5.75 Å². The Morgan fingerprint density at radius 3 is 2.81 bits per heavy atom. The second-order valence-electron chi connectivity index (χ2n) is 5.65. The van der Waals surface area contributed by atoms with Crippen molar-refractivity contribution in [3.05, 3.63) is 83.2 Å². The summed E-state index contributed by atoms with van der Waals surface area (Å²) >= 11 is 5.99. The second kappa shape index (κ2) is 8.36. The summed E-state index contributed by atoms with van der Waals surface area (Å²) in [4.78, 5) is 12.0. The van der Waals surface area contributed by atoms with Crippen LogP contribution < -0.4 is 10.1 Å². The maximum atomic E-state index is 12.0. The number of carbonyl (C=O) groups excluding carboxylic acids is 1. The van der Waals surface area contributed by atoms with Crippen LogP contribution in [0.1, 0.15) is 11.1 Å². The van der Waals surface area contributed by atoms with Crippen molar-refractivity contribution in [2.45, 2.75) is 6.54 Å². The van der Waals surface area contributed by atoms with Gasteiger partial charge in [-0.05, 0) is 41.5 Å². The van der Waals surface area contributed by atoms with E-state index in [1.807, 2.05) is 48.5 Å². The summed E-state index contributed by atoms with van der Waals surface area (Å²) in [6.45, 7) is 0.581. The first-order valence-electron chi connectivity index (χ1n) is 8.02. The predicted octanol–water partition coefficient (Wildman–Crippen LogP) is 4.25. The molecule has 0 unspecified atom stereocenters. The maximum absolute atomic E-state index is 12.0. The maximum Gasteiger partial charge on any atom is 0.248 e. The van der Waals surface area contributed by atoms with Gasteiger partial charge in [-0.3, -0.25) is 9.48 Å². The third-order valence-corrected chi connectivity index (χ3v) is 3.91. The smallest absolute Gasteiger partial charge is 0.248 e. The number of hydrogen-bond donors (Lipinski definition) is 1. The molecular formula is C20H18ClN3O2. The van der Waals surface area contributed by atoms with E-state index in [2.05, 4.69) is 10.4 Å². The van der Waals surface area contributed by atoms with Crippen LogP contribution in [0, 0.1) is 0 Å². The Kier molecular flexibility index (Phi) is 5.71. The molecule has 1 amide bonds. The van der Waals surface area contributed by atoms with Gasteiger partial charge in [0, 0.05) is 17.3 Å². The van der Waals surface area contributed by atoms with Crippen LogP contribution in [0.25, 0.3) is 6.08 Å². The number of hydrogen-bond acceptors (Lipinski definition) is 3. The molecule has 0 bridgehead atoms. The second-order valence-corrected chi connectivity index (χ2v) is 6.09. The number of amides is 1. The average Bonchev–Trinajstić information content (AvgIpc) is 3.07. The molecule has 0 radical (unpaired) electrons. The summed E-state index contributed by atoms with van der Waals surface area (Å²) in [6.07, 6.45) is 6.62. The normalized spacial score (nSPS) is 10.8. The van der Waals surface area contributed by atoms with Crippen LogP contribution in [0.4, 0.5) is 5.69 Å². The Hall–Kier alpha value is -3.05. The Bertz CT molecular complexity index is 917. The Morgan fingerprint density at radius 2 is 2.08 bits per heavy atom. The molecule has 1 heterocycles. The van der Waals surface area contributed by atoms with Gasteiger partial charge in [0.15, 0.2) is 0 Å². The van der Waals surface area contributed by atoms with Crippen molar-refractivity contribution in [1.82, 2.24) is 9.78 Å². The van der Waals surface area contributed by atoms with Crippen LogP contribution in [-0.2, 0) is 11.3 Å². The van der Waals surface area contributed by atoms with Crippen LogP contribution in [0.15, 0.2) is 67.0 Å². The highest BCUT2D eigenvalue weighted by molar-refractivity contribution is 6.30. The first kappa shape index (κ1) is 17.8. The number of benzene rings is 2. The van der Waals surface area contributed by atoms with E-state index in [0.29, 0.717) is 17.3 Å². The first-order chi connectivity index (χ1) is 12.6. The van der Waals surface area contributed by atoms with Crippen molar-refractivity contribution >= 4 is 29.3 Å². The first-order valence-corrected chi connectivity index (χ1v) is 8.40. The zero-order valence-electron chi connectivity index (χ0n) is 14.2. The fourth-order valence-corrected chi connectivity index (χ4v) is 2.62. The van der Waals surface area contributed by atoms with E-state index in [1.165, 1.54) is 6.08 Å². The lowest BCUT2D eigenvalue weighted by Crippen LogP contribution is -2.07. The number of carbonyl (C=O) groups is 1. The number of rotatable bonds is 6. The Morgan fingerprint density at radius 1 is 1.27 bits per heavy atom. The molecule has 0 aliphatic rings. The number of aromatic nitrogens is 2. The molecule has 0 fully saturated rings. The molecule has 6 heteroatoms. The molecule has 0 spiro atoms. The molecule has 132 valence electrons. The van der Waals surface area contributed by atoms with Crippen molar-refractivity contribution in [2.24, 2.45) is 0 Å². The van der Waals surface area contributed by atoms with Crippen LogP contribution >= 0.6 is 11.6 Å². The van der Waals surface area contributed by atoms with Gasteiger partial charge in [-0.15, -0.1) is 0 Å². The van der Waals surface area contributed by atoms with E-state index in [0.717, 1.165) is 16.9 Å². The molecule has 1 N–H and O–H groups in total. The van der Waals surface area contributed by atoms with Crippen LogP contribution in [0.2, 0.25) is 5.02 Å². The minimum absolute atomic E-state index is 0.219. The van der Waals surface area contributed by atoms with Gasteiger partial charge < -0.3 is 10.1 Å². The fraction of sp³-hybridized carbons (Fsp3) is 0.100. The van der Waals surface area contributed by atoms with Gasteiger partial charge in [-0.2, -0.15) is 5.10 Å². The van der Waals surface area contributed by atoms with E-state index in [4.69, 9.17) is 16.3 Å². The van der Waals surface area contributed by atoms with Gasteiger partial charge in [-0.1, -0.05) is 35.9 Å². The topological polar surface area (TPSA) is 56.1 Å². The molecule has 26 heavy (non-hydrogen) atoms. The average molecular weight is 368 g/mol. The monoisotopic (exact) mass is 367 g/mol. The summed E-state index contributed by atoms with van der Waals surface area (Å²) in [5.74, 6) is 0.557. The summed E-state index contributed by atoms with van der Waals surface area (Å²) in [5.41, 5.74) is 2.59. The van der Waals surface area contributed by atoms with Crippen molar-refractivity contribution in [3.63, 3.8) is 0 Å². The fourth-order valence-electron chi connectivity index (χ4n) is 2.41. The molecule has 5 nitrogen and oxygen atoms in total. The molecular weight excluding hydrogens is 350 g/mol. The highest BCUT2D eigenvalue weighted by Gasteiger charge is 2.03. The van der Waals surface area contributed by atoms with E-state index in [1.54, 1.807) is 30.3 Å². The highest BCUT2D eigenvalue weighted by atomic mass is 35.5. The van der Waals surface area contributed by atoms with Gasteiger partial charge in [0.25, 0.3) is 0 Å². The number of halogens is 1. The molecule has 0 atom stereocenters. The van der Waals surface area contributed by atoms with Crippen molar-refractivity contribution in [1.29, 1.82) is 0 Å². The van der Waals surface area contributed by atoms with E-state index >= 15 is 0 Å². The SMILES string of the molecule is COc1ccc(/C=C/C(=O)Nc2cnn(Cc3cccc(Cl)c3)c2)cc1. The van der Waals surface area contributed by atoms with Crippen LogP contribution in [0.3, 0.4) is 0 Å². The minimum atomic E-state index is -0.219. The zero-order valence-corrected chi connectivity index (χ0v) is 15.0. The summed E-state index contributed by atoms with van der Waals surface area (Å²) in [7, 11) is 1.62.